The molecule has 1 saturated carbocycles. The number of sulfone groups is 1. The maximum Gasteiger partial charge on any atom is 0.194 e. The predicted octanol–water partition coefficient (Wildman–Crippen LogP) is 2.06. The van der Waals surface area contributed by atoms with Gasteiger partial charge in [0, 0.05) is 33.0 Å². The monoisotopic (exact) mass is 381 g/mol. The first-order valence-electron chi connectivity index (χ1n) is 9.20. The second-order valence-corrected chi connectivity index (χ2v) is 9.14. The smallest absolute Gasteiger partial charge is 0.194 e. The summed E-state index contributed by atoms with van der Waals surface area (Å²) in [6.07, 6.45) is 3.87. The van der Waals surface area contributed by atoms with E-state index in [-0.39, 0.29) is 5.75 Å². The molecule has 0 spiro atoms. The van der Waals surface area contributed by atoms with Crippen LogP contribution in [0.5, 0.6) is 0 Å². The Balaban J connectivity index is 1.85. The summed E-state index contributed by atoms with van der Waals surface area (Å²) in [5.41, 5.74) is 1.85. The van der Waals surface area contributed by atoms with Crippen LogP contribution in [0.25, 0.3) is 0 Å². The molecule has 1 N–H and O–H groups in total. The minimum absolute atomic E-state index is 0.0722. The molecule has 0 amide bonds. The van der Waals surface area contributed by atoms with Crippen molar-refractivity contribution in [3.63, 3.8) is 0 Å². The Hall–Kier alpha value is -1.60. The second kappa shape index (κ2) is 9.92. The van der Waals surface area contributed by atoms with Gasteiger partial charge in [-0.1, -0.05) is 24.3 Å². The van der Waals surface area contributed by atoms with Gasteiger partial charge >= 0.3 is 0 Å². The van der Waals surface area contributed by atoms with Crippen molar-refractivity contribution >= 4 is 15.8 Å². The van der Waals surface area contributed by atoms with Crippen molar-refractivity contribution in [2.75, 3.05) is 39.6 Å². The highest BCUT2D eigenvalue weighted by Gasteiger charge is 2.21. The zero-order chi connectivity index (χ0) is 19.0. The van der Waals surface area contributed by atoms with Crippen LogP contribution >= 0.6 is 0 Å². The predicted molar refractivity (Wildman–Crippen MR) is 106 cm³/mol. The number of guanidine groups is 1. The summed E-state index contributed by atoms with van der Waals surface area (Å²) >= 11 is 0. The molecule has 26 heavy (non-hydrogen) atoms. The van der Waals surface area contributed by atoms with Gasteiger partial charge in [-0.05, 0) is 36.8 Å². The van der Waals surface area contributed by atoms with Gasteiger partial charge in [0.05, 0.1) is 18.9 Å². The van der Waals surface area contributed by atoms with E-state index in [9.17, 15) is 8.42 Å². The van der Waals surface area contributed by atoms with E-state index in [1.165, 1.54) is 19.1 Å². The third kappa shape index (κ3) is 8.19. The summed E-state index contributed by atoms with van der Waals surface area (Å²) in [5, 5.41) is 3.30. The molecular formula is C19H31N3O3S. The van der Waals surface area contributed by atoms with Crippen LogP contribution < -0.4 is 5.32 Å². The summed E-state index contributed by atoms with van der Waals surface area (Å²) in [4.78, 5) is 6.75. The zero-order valence-electron chi connectivity index (χ0n) is 16.1. The number of nitrogens with zero attached hydrogens (tertiary/aromatic N) is 2. The molecule has 0 heterocycles. The minimum atomic E-state index is -3.00. The molecule has 146 valence electrons. The number of rotatable bonds is 10. The Morgan fingerprint density at radius 2 is 1.92 bits per heavy atom. The van der Waals surface area contributed by atoms with Crippen molar-refractivity contribution < 1.29 is 13.2 Å². The number of hydrogen-bond acceptors (Lipinski definition) is 4. The number of hydrogen-bond donors (Lipinski definition) is 1. The zero-order valence-corrected chi connectivity index (χ0v) is 16.9. The first-order valence-corrected chi connectivity index (χ1v) is 11.3. The van der Waals surface area contributed by atoms with Crippen LogP contribution in [0.15, 0.2) is 29.3 Å². The van der Waals surface area contributed by atoms with E-state index >= 15 is 0 Å². The lowest BCUT2D eigenvalue weighted by Crippen LogP contribution is -2.40. The van der Waals surface area contributed by atoms with Gasteiger partial charge in [0.1, 0.15) is 0 Å². The molecule has 0 aromatic heterocycles. The van der Waals surface area contributed by atoms with E-state index in [4.69, 9.17) is 4.74 Å². The summed E-state index contributed by atoms with van der Waals surface area (Å²) in [5.74, 6) is 1.71. The first-order chi connectivity index (χ1) is 12.4. The Kier molecular flexibility index (Phi) is 7.90. The van der Waals surface area contributed by atoms with E-state index in [2.05, 4.69) is 15.2 Å². The van der Waals surface area contributed by atoms with Crippen LogP contribution in [0.4, 0.5) is 0 Å². The molecule has 1 aliphatic carbocycles. The van der Waals surface area contributed by atoms with Crippen molar-refractivity contribution in [3.8, 4) is 0 Å². The highest BCUT2D eigenvalue weighted by molar-refractivity contribution is 7.89. The van der Waals surface area contributed by atoms with Gasteiger partial charge in [0.25, 0.3) is 0 Å². The number of ether oxygens (including phenoxy) is 1. The van der Waals surface area contributed by atoms with Crippen molar-refractivity contribution in [3.05, 3.63) is 35.4 Å². The van der Waals surface area contributed by atoms with Gasteiger partial charge in [0.15, 0.2) is 15.8 Å². The molecule has 1 fully saturated rings. The molecule has 0 bridgehead atoms. The molecule has 2 rings (SSSR count). The molecule has 0 aliphatic heterocycles. The first kappa shape index (κ1) is 20.7. The lowest BCUT2D eigenvalue weighted by molar-refractivity contribution is 0.115. The van der Waals surface area contributed by atoms with E-state index in [1.807, 2.05) is 38.2 Å². The Labute approximate surface area is 157 Å². The fourth-order valence-corrected chi connectivity index (χ4v) is 3.32. The summed E-state index contributed by atoms with van der Waals surface area (Å²) < 4.78 is 28.4. The molecule has 7 heteroatoms. The van der Waals surface area contributed by atoms with Crippen LogP contribution in [0.2, 0.25) is 0 Å². The maximum absolute atomic E-state index is 11.4. The highest BCUT2D eigenvalue weighted by Crippen LogP contribution is 2.28. The highest BCUT2D eigenvalue weighted by atomic mass is 32.2. The van der Waals surface area contributed by atoms with Gasteiger partial charge in [-0.15, -0.1) is 0 Å². The van der Waals surface area contributed by atoms with Gasteiger partial charge in [-0.25, -0.2) is 13.4 Å². The third-order valence-electron chi connectivity index (χ3n) is 4.18. The molecule has 6 nitrogen and oxygen atoms in total. The Morgan fingerprint density at radius 1 is 1.27 bits per heavy atom. The minimum Gasteiger partial charge on any atom is -0.379 e. The largest absolute Gasteiger partial charge is 0.379 e. The number of benzene rings is 1. The third-order valence-corrected chi connectivity index (χ3v) is 5.04. The molecule has 0 radical (unpaired) electrons. The van der Waals surface area contributed by atoms with Crippen LogP contribution in [0, 0.1) is 5.92 Å². The molecule has 1 aliphatic rings. The maximum atomic E-state index is 11.4. The standard InChI is InChI=1S/C19H31N3O3S/c1-4-20-19(22(2)11-12-25-14-17-7-8-17)21-13-16-5-9-18(10-6-16)15-26(3,23)24/h5-6,9-10,17H,4,7-8,11-15H2,1-3H3,(H,20,21). The van der Waals surface area contributed by atoms with Crippen molar-refractivity contribution in [2.45, 2.75) is 32.1 Å². The topological polar surface area (TPSA) is 71.0 Å². The van der Waals surface area contributed by atoms with E-state index in [0.29, 0.717) is 13.2 Å². The average molecular weight is 382 g/mol. The van der Waals surface area contributed by atoms with Crippen molar-refractivity contribution in [2.24, 2.45) is 10.9 Å². The van der Waals surface area contributed by atoms with Crippen LogP contribution in [0.1, 0.15) is 30.9 Å². The quantitative estimate of drug-likeness (QED) is 0.382. The fourth-order valence-electron chi connectivity index (χ4n) is 2.52. The molecule has 1 aromatic carbocycles. The molecule has 0 unspecified atom stereocenters. The summed E-state index contributed by atoms with van der Waals surface area (Å²) in [6.45, 7) is 5.78. The van der Waals surface area contributed by atoms with Crippen LogP contribution in [-0.4, -0.2) is 58.9 Å². The fraction of sp³-hybridized carbons (Fsp3) is 0.632. The van der Waals surface area contributed by atoms with Crippen LogP contribution in [-0.2, 0) is 26.9 Å². The van der Waals surface area contributed by atoms with Gasteiger partial charge in [-0.2, -0.15) is 0 Å². The van der Waals surface area contributed by atoms with Gasteiger partial charge < -0.3 is 15.0 Å². The molecule has 0 atom stereocenters. The Morgan fingerprint density at radius 3 is 2.50 bits per heavy atom. The summed E-state index contributed by atoms with van der Waals surface area (Å²) in [6, 6.07) is 7.58. The second-order valence-electron chi connectivity index (χ2n) is 7.00. The molecule has 1 aromatic rings. The Bertz CT molecular complexity index is 682. The van der Waals surface area contributed by atoms with Crippen molar-refractivity contribution in [1.29, 1.82) is 0 Å². The number of nitrogens with one attached hydrogen (secondary N) is 1. The normalized spacial score (nSPS) is 15.1. The summed E-state index contributed by atoms with van der Waals surface area (Å²) in [7, 11) is -0.992. The van der Waals surface area contributed by atoms with E-state index < -0.39 is 9.84 Å². The number of aliphatic imine (C=N–C) groups is 1. The lowest BCUT2D eigenvalue weighted by Gasteiger charge is -2.22. The average Bonchev–Trinajstić information content (AvgIpc) is 3.39. The van der Waals surface area contributed by atoms with E-state index in [1.54, 1.807) is 0 Å². The number of likely N-dealkylation sites (N-methyl/N-ethyl adjacent to an activating group) is 1. The molecule has 0 saturated heterocycles. The lowest BCUT2D eigenvalue weighted by atomic mass is 10.1. The SMILES string of the molecule is CCNC(=NCc1ccc(CS(C)(=O)=O)cc1)N(C)CCOCC1CC1. The van der Waals surface area contributed by atoms with Gasteiger partial charge in [-0.3, -0.25) is 0 Å². The van der Waals surface area contributed by atoms with Crippen LogP contribution in [0.3, 0.4) is 0 Å². The van der Waals surface area contributed by atoms with E-state index in [0.717, 1.165) is 42.7 Å². The van der Waals surface area contributed by atoms with Gasteiger partial charge in [0.2, 0.25) is 0 Å². The molecular weight excluding hydrogens is 350 g/mol. The van der Waals surface area contributed by atoms with Crippen molar-refractivity contribution in [1.82, 2.24) is 10.2 Å².